The van der Waals surface area contributed by atoms with E-state index in [-0.39, 0.29) is 11.9 Å². The molecule has 0 spiro atoms. The molecule has 0 fully saturated rings. The number of ether oxygens (including phenoxy) is 2. The van der Waals surface area contributed by atoms with E-state index < -0.39 is 8.80 Å². The monoisotopic (exact) mass is 421 g/mol. The molecule has 0 amide bonds. The van der Waals surface area contributed by atoms with Crippen LogP contribution in [0.25, 0.3) is 0 Å². The number of esters is 2. The van der Waals surface area contributed by atoms with Gasteiger partial charge in [-0.2, -0.15) is 0 Å². The zero-order valence-corrected chi connectivity index (χ0v) is 19.3. The van der Waals surface area contributed by atoms with Crippen molar-refractivity contribution in [1.82, 2.24) is 4.90 Å². The summed E-state index contributed by atoms with van der Waals surface area (Å²) in [6.45, 7) is 13.5. The van der Waals surface area contributed by atoms with Gasteiger partial charge in [0.2, 0.25) is 0 Å². The maximum absolute atomic E-state index is 11.7. The van der Waals surface area contributed by atoms with Gasteiger partial charge in [0, 0.05) is 39.0 Å². The lowest BCUT2D eigenvalue weighted by molar-refractivity contribution is -0.143. The van der Waals surface area contributed by atoms with Crippen LogP contribution in [0.2, 0.25) is 6.04 Å². The van der Waals surface area contributed by atoms with Gasteiger partial charge in [0.05, 0.1) is 26.1 Å². The van der Waals surface area contributed by atoms with Gasteiger partial charge >= 0.3 is 20.7 Å². The fraction of sp³-hybridized carbons (Fsp3) is 0.895. The van der Waals surface area contributed by atoms with E-state index in [4.69, 9.17) is 22.8 Å². The van der Waals surface area contributed by atoms with Crippen LogP contribution in [0.1, 0.15) is 53.9 Å². The molecule has 0 aromatic rings. The van der Waals surface area contributed by atoms with Crippen LogP contribution in [-0.4, -0.2) is 78.3 Å². The number of carbonyl (C=O) groups is 2. The third-order valence-electron chi connectivity index (χ3n) is 3.93. The van der Waals surface area contributed by atoms with Gasteiger partial charge in [0.15, 0.2) is 0 Å². The zero-order chi connectivity index (χ0) is 21.3. The quantitative estimate of drug-likeness (QED) is 0.247. The number of hydrogen-bond donors (Lipinski definition) is 0. The third kappa shape index (κ3) is 12.5. The summed E-state index contributed by atoms with van der Waals surface area (Å²) in [5, 5.41) is 0. The second kappa shape index (κ2) is 16.9. The molecule has 0 heterocycles. The highest BCUT2D eigenvalue weighted by Gasteiger charge is 2.39. The summed E-state index contributed by atoms with van der Waals surface area (Å²) in [6.07, 6.45) is 1.38. The van der Waals surface area contributed by atoms with Crippen molar-refractivity contribution in [3.05, 3.63) is 0 Å². The van der Waals surface area contributed by atoms with Crippen molar-refractivity contribution in [2.75, 3.05) is 52.7 Å². The van der Waals surface area contributed by atoms with E-state index in [2.05, 4.69) is 4.90 Å². The standard InChI is InChI=1S/C19H39NO7Si/c1-6-23-18(21)12-15-20(16-13-19(22)24-7-2)14-11-17-28(25-8-3,26-9-4)27-10-5/h6-17H2,1-5H3. The molecule has 9 heteroatoms. The van der Waals surface area contributed by atoms with Gasteiger partial charge in [0.1, 0.15) is 0 Å². The summed E-state index contributed by atoms with van der Waals surface area (Å²) in [5.74, 6) is -0.462. The fourth-order valence-electron chi connectivity index (χ4n) is 2.82. The summed E-state index contributed by atoms with van der Waals surface area (Å²) in [5.41, 5.74) is 0. The Kier molecular flexibility index (Phi) is 16.3. The van der Waals surface area contributed by atoms with E-state index in [1.807, 2.05) is 20.8 Å². The lowest BCUT2D eigenvalue weighted by Gasteiger charge is -2.29. The summed E-state index contributed by atoms with van der Waals surface area (Å²) < 4.78 is 27.6. The molecule has 0 aliphatic rings. The smallest absolute Gasteiger partial charge is 0.466 e. The van der Waals surface area contributed by atoms with Crippen LogP contribution in [0.15, 0.2) is 0 Å². The van der Waals surface area contributed by atoms with Gasteiger partial charge in [-0.05, 0) is 47.6 Å². The van der Waals surface area contributed by atoms with Crippen LogP contribution in [0, 0.1) is 0 Å². The van der Waals surface area contributed by atoms with Crippen molar-refractivity contribution in [3.8, 4) is 0 Å². The molecule has 0 aromatic carbocycles. The Morgan fingerprint density at radius 3 is 1.46 bits per heavy atom. The Bertz CT molecular complexity index is 384. The summed E-state index contributed by atoms with van der Waals surface area (Å²) >= 11 is 0. The Morgan fingerprint density at radius 2 is 1.11 bits per heavy atom. The molecule has 0 rings (SSSR count). The van der Waals surface area contributed by atoms with Gasteiger partial charge < -0.3 is 27.7 Å². The summed E-state index contributed by atoms with van der Waals surface area (Å²) in [7, 11) is -2.69. The van der Waals surface area contributed by atoms with E-state index in [9.17, 15) is 9.59 Å². The number of carbonyl (C=O) groups excluding carboxylic acids is 2. The largest absolute Gasteiger partial charge is 0.500 e. The molecule has 0 unspecified atom stereocenters. The maximum Gasteiger partial charge on any atom is 0.500 e. The molecule has 0 radical (unpaired) electrons. The third-order valence-corrected chi connectivity index (χ3v) is 7.08. The van der Waals surface area contributed by atoms with Crippen LogP contribution < -0.4 is 0 Å². The topological polar surface area (TPSA) is 83.5 Å². The van der Waals surface area contributed by atoms with Gasteiger partial charge in [-0.1, -0.05) is 0 Å². The van der Waals surface area contributed by atoms with Crippen molar-refractivity contribution in [3.63, 3.8) is 0 Å². The highest BCUT2D eigenvalue weighted by Crippen LogP contribution is 2.18. The molecule has 8 nitrogen and oxygen atoms in total. The van der Waals surface area contributed by atoms with Gasteiger partial charge in [-0.3, -0.25) is 9.59 Å². The molecule has 28 heavy (non-hydrogen) atoms. The highest BCUT2D eigenvalue weighted by molar-refractivity contribution is 6.60. The molecule has 0 atom stereocenters. The van der Waals surface area contributed by atoms with E-state index in [0.29, 0.717) is 71.6 Å². The van der Waals surface area contributed by atoms with Crippen molar-refractivity contribution >= 4 is 20.7 Å². The molecular formula is C19H39NO7Si. The Balaban J connectivity index is 4.74. The first kappa shape index (κ1) is 27.0. The number of hydrogen-bond acceptors (Lipinski definition) is 8. The van der Waals surface area contributed by atoms with Crippen LogP contribution in [0.4, 0.5) is 0 Å². The van der Waals surface area contributed by atoms with Crippen LogP contribution in [0.3, 0.4) is 0 Å². The Morgan fingerprint density at radius 1 is 0.679 bits per heavy atom. The minimum Gasteiger partial charge on any atom is -0.466 e. The molecule has 0 aliphatic heterocycles. The van der Waals surface area contributed by atoms with Gasteiger partial charge in [-0.15, -0.1) is 0 Å². The van der Waals surface area contributed by atoms with Crippen molar-refractivity contribution < 1.29 is 32.3 Å². The highest BCUT2D eigenvalue weighted by atomic mass is 28.4. The van der Waals surface area contributed by atoms with Crippen LogP contribution in [-0.2, 0) is 32.3 Å². The fourth-order valence-corrected chi connectivity index (χ4v) is 5.41. The normalized spacial score (nSPS) is 11.6. The number of rotatable bonds is 18. The first-order chi connectivity index (χ1) is 13.5. The first-order valence-electron chi connectivity index (χ1n) is 10.4. The van der Waals surface area contributed by atoms with Gasteiger partial charge in [0.25, 0.3) is 0 Å². The molecule has 0 bridgehead atoms. The Hall–Kier alpha value is -1.00. The summed E-state index contributed by atoms with van der Waals surface area (Å²) in [6, 6.07) is 0.692. The number of nitrogens with zero attached hydrogens (tertiary/aromatic N) is 1. The van der Waals surface area contributed by atoms with E-state index in [1.54, 1.807) is 13.8 Å². The SMILES string of the molecule is CCOC(=O)CCN(CCC[Si](OCC)(OCC)OCC)CCC(=O)OCC. The van der Waals surface area contributed by atoms with Gasteiger partial charge in [-0.25, -0.2) is 0 Å². The minimum absolute atomic E-state index is 0.231. The van der Waals surface area contributed by atoms with E-state index in [0.717, 1.165) is 6.42 Å². The summed E-state index contributed by atoms with van der Waals surface area (Å²) in [4.78, 5) is 25.4. The van der Waals surface area contributed by atoms with E-state index >= 15 is 0 Å². The second-order valence-electron chi connectivity index (χ2n) is 6.04. The molecule has 0 aromatic heterocycles. The zero-order valence-electron chi connectivity index (χ0n) is 18.3. The second-order valence-corrected chi connectivity index (χ2v) is 8.77. The lowest BCUT2D eigenvalue weighted by atomic mass is 10.3. The van der Waals surface area contributed by atoms with E-state index in [1.165, 1.54) is 0 Å². The van der Waals surface area contributed by atoms with Crippen molar-refractivity contribution in [2.45, 2.75) is 59.9 Å². The minimum atomic E-state index is -2.69. The maximum atomic E-state index is 11.7. The molecule has 0 saturated heterocycles. The molecule has 166 valence electrons. The van der Waals surface area contributed by atoms with Crippen molar-refractivity contribution in [2.24, 2.45) is 0 Å². The Labute approximate surface area is 171 Å². The average Bonchev–Trinajstić information content (AvgIpc) is 2.64. The predicted octanol–water partition coefficient (Wildman–Crippen LogP) is 2.63. The van der Waals surface area contributed by atoms with Crippen LogP contribution >= 0.6 is 0 Å². The van der Waals surface area contributed by atoms with Crippen LogP contribution in [0.5, 0.6) is 0 Å². The molecule has 0 aliphatic carbocycles. The predicted molar refractivity (Wildman–Crippen MR) is 109 cm³/mol. The molecule has 0 N–H and O–H groups in total. The average molecular weight is 422 g/mol. The van der Waals surface area contributed by atoms with Crippen molar-refractivity contribution in [1.29, 1.82) is 0 Å². The lowest BCUT2D eigenvalue weighted by Crippen LogP contribution is -2.46. The first-order valence-corrected chi connectivity index (χ1v) is 12.3. The molecular weight excluding hydrogens is 382 g/mol. The molecule has 0 saturated carbocycles.